The Morgan fingerprint density at radius 3 is 2.73 bits per heavy atom. The molecule has 82 valence electrons. The summed E-state index contributed by atoms with van der Waals surface area (Å²) in [4.78, 5) is 10.1. The van der Waals surface area contributed by atoms with Crippen LogP contribution in [0.1, 0.15) is 30.4 Å². The summed E-state index contributed by atoms with van der Waals surface area (Å²) in [6, 6.07) is 6.25. The summed E-state index contributed by atoms with van der Waals surface area (Å²) in [6.45, 7) is 2.05. The second kappa shape index (κ2) is 6.23. The van der Waals surface area contributed by atoms with Gasteiger partial charge in [0.25, 0.3) is 0 Å². The molecule has 0 bridgehead atoms. The molecule has 0 fully saturated rings. The van der Waals surface area contributed by atoms with Gasteiger partial charge in [-0.2, -0.15) is 0 Å². The second-order valence-corrected chi connectivity index (χ2v) is 3.72. The van der Waals surface area contributed by atoms with Crippen LogP contribution in [0.3, 0.4) is 0 Å². The van der Waals surface area contributed by atoms with Crippen molar-refractivity contribution in [3.05, 3.63) is 29.3 Å². The highest BCUT2D eigenvalue weighted by Crippen LogP contribution is 2.19. The number of hydrogen-bond acceptors (Lipinski definition) is 2. The van der Waals surface area contributed by atoms with Crippen LogP contribution in [-0.2, 0) is 11.2 Å². The lowest BCUT2D eigenvalue weighted by Gasteiger charge is -2.06. The van der Waals surface area contributed by atoms with Crippen LogP contribution in [0, 0.1) is 6.92 Å². The number of ether oxygens (including phenoxy) is 1. The number of benzene rings is 1. The van der Waals surface area contributed by atoms with Crippen LogP contribution in [0.25, 0.3) is 0 Å². The van der Waals surface area contributed by atoms with E-state index in [1.54, 1.807) is 7.11 Å². The van der Waals surface area contributed by atoms with E-state index in [0.717, 1.165) is 31.3 Å². The third-order valence-corrected chi connectivity index (χ3v) is 2.50. The first-order valence-electron chi connectivity index (χ1n) is 5.35. The van der Waals surface area contributed by atoms with Crippen molar-refractivity contribution >= 4 is 6.29 Å². The molecule has 1 aromatic carbocycles. The first-order valence-corrected chi connectivity index (χ1v) is 5.35. The normalized spacial score (nSPS) is 10.0. The van der Waals surface area contributed by atoms with E-state index in [-0.39, 0.29) is 0 Å². The maximum Gasteiger partial charge on any atom is 0.121 e. The topological polar surface area (TPSA) is 26.3 Å². The molecule has 0 aliphatic heterocycles. The van der Waals surface area contributed by atoms with Gasteiger partial charge in [-0.3, -0.25) is 0 Å². The molecule has 0 aliphatic carbocycles. The molecule has 1 rings (SSSR count). The Balaban J connectivity index is 2.48. The molecule has 0 radical (unpaired) electrons. The van der Waals surface area contributed by atoms with Gasteiger partial charge in [-0.25, -0.2) is 0 Å². The molecule has 2 heteroatoms. The first-order chi connectivity index (χ1) is 7.27. The summed E-state index contributed by atoms with van der Waals surface area (Å²) in [5.74, 6) is 0.937. The van der Waals surface area contributed by atoms with Crippen LogP contribution in [-0.4, -0.2) is 13.4 Å². The van der Waals surface area contributed by atoms with E-state index in [4.69, 9.17) is 4.74 Å². The highest BCUT2D eigenvalue weighted by Gasteiger charge is 1.99. The van der Waals surface area contributed by atoms with E-state index in [2.05, 4.69) is 12.1 Å². The standard InChI is InChI=1S/C13H18O2/c1-11-10-12(6-4-3-5-9-14)7-8-13(11)15-2/h7-10H,3-6H2,1-2H3. The zero-order valence-electron chi connectivity index (χ0n) is 9.45. The maximum absolute atomic E-state index is 10.1. The number of unbranched alkanes of at least 4 members (excludes halogenated alkanes) is 2. The van der Waals surface area contributed by atoms with Gasteiger partial charge in [-0.15, -0.1) is 0 Å². The van der Waals surface area contributed by atoms with E-state index in [1.807, 2.05) is 13.0 Å². The minimum Gasteiger partial charge on any atom is -0.496 e. The molecule has 0 heterocycles. The maximum atomic E-state index is 10.1. The average Bonchev–Trinajstić information content (AvgIpc) is 2.25. The first kappa shape index (κ1) is 11.8. The molecule has 0 amide bonds. The fourth-order valence-corrected chi connectivity index (χ4v) is 1.65. The Labute approximate surface area is 91.3 Å². The van der Waals surface area contributed by atoms with Crippen molar-refractivity contribution < 1.29 is 9.53 Å². The van der Waals surface area contributed by atoms with Gasteiger partial charge in [-0.1, -0.05) is 12.1 Å². The molecule has 1 aromatic rings. The zero-order valence-corrected chi connectivity index (χ0v) is 9.45. The van der Waals surface area contributed by atoms with Crippen molar-refractivity contribution in [3.63, 3.8) is 0 Å². The van der Waals surface area contributed by atoms with Gasteiger partial charge in [0.05, 0.1) is 7.11 Å². The fraction of sp³-hybridized carbons (Fsp3) is 0.462. The van der Waals surface area contributed by atoms with Crippen LogP contribution in [0.2, 0.25) is 0 Å². The fourth-order valence-electron chi connectivity index (χ4n) is 1.65. The number of hydrogen-bond donors (Lipinski definition) is 0. The van der Waals surface area contributed by atoms with E-state index < -0.39 is 0 Å². The number of aldehydes is 1. The van der Waals surface area contributed by atoms with Gasteiger partial charge in [0.2, 0.25) is 0 Å². The Morgan fingerprint density at radius 2 is 2.13 bits per heavy atom. The molecule has 0 aromatic heterocycles. The number of methoxy groups -OCH3 is 1. The van der Waals surface area contributed by atoms with Crippen LogP contribution in [0.4, 0.5) is 0 Å². The number of aryl methyl sites for hydroxylation is 2. The van der Waals surface area contributed by atoms with Gasteiger partial charge in [0, 0.05) is 6.42 Å². The summed E-state index contributed by atoms with van der Waals surface area (Å²) in [5, 5.41) is 0. The van der Waals surface area contributed by atoms with Crippen molar-refractivity contribution in [2.45, 2.75) is 32.6 Å². The average molecular weight is 206 g/mol. The van der Waals surface area contributed by atoms with Crippen LogP contribution >= 0.6 is 0 Å². The lowest BCUT2D eigenvalue weighted by molar-refractivity contribution is -0.107. The van der Waals surface area contributed by atoms with Crippen LogP contribution in [0.15, 0.2) is 18.2 Å². The van der Waals surface area contributed by atoms with E-state index in [1.165, 1.54) is 11.1 Å². The molecule has 0 unspecified atom stereocenters. The smallest absolute Gasteiger partial charge is 0.121 e. The summed E-state index contributed by atoms with van der Waals surface area (Å²) in [5.41, 5.74) is 2.49. The highest BCUT2D eigenvalue weighted by molar-refractivity contribution is 5.49. The molecule has 0 saturated heterocycles. The van der Waals surface area contributed by atoms with E-state index in [0.29, 0.717) is 6.42 Å². The molecule has 0 atom stereocenters. The molecular weight excluding hydrogens is 188 g/mol. The molecule has 0 spiro atoms. The van der Waals surface area contributed by atoms with Crippen molar-refractivity contribution in [2.24, 2.45) is 0 Å². The van der Waals surface area contributed by atoms with Crippen molar-refractivity contribution in [2.75, 3.05) is 7.11 Å². The molecule has 15 heavy (non-hydrogen) atoms. The monoisotopic (exact) mass is 206 g/mol. The Hall–Kier alpha value is -1.31. The SMILES string of the molecule is COc1ccc(CCCCC=O)cc1C. The molecule has 0 aliphatic rings. The highest BCUT2D eigenvalue weighted by atomic mass is 16.5. The molecule has 0 N–H and O–H groups in total. The lowest BCUT2D eigenvalue weighted by Crippen LogP contribution is -1.91. The quantitative estimate of drug-likeness (QED) is 0.528. The van der Waals surface area contributed by atoms with Crippen molar-refractivity contribution in [3.8, 4) is 5.75 Å². The predicted molar refractivity (Wildman–Crippen MR) is 61.4 cm³/mol. The van der Waals surface area contributed by atoms with Gasteiger partial charge in [0.15, 0.2) is 0 Å². The van der Waals surface area contributed by atoms with Gasteiger partial charge in [-0.05, 0) is 43.4 Å². The summed E-state index contributed by atoms with van der Waals surface area (Å²) in [6.07, 6.45) is 4.76. The summed E-state index contributed by atoms with van der Waals surface area (Å²) >= 11 is 0. The van der Waals surface area contributed by atoms with Crippen molar-refractivity contribution in [1.29, 1.82) is 0 Å². The molecule has 0 saturated carbocycles. The Kier molecular flexibility index (Phi) is 4.88. The van der Waals surface area contributed by atoms with E-state index >= 15 is 0 Å². The number of rotatable bonds is 6. The largest absolute Gasteiger partial charge is 0.496 e. The lowest BCUT2D eigenvalue weighted by atomic mass is 10.0. The Morgan fingerprint density at radius 1 is 1.33 bits per heavy atom. The predicted octanol–water partition coefficient (Wildman–Crippen LogP) is 2.92. The minimum absolute atomic E-state index is 0.676. The second-order valence-electron chi connectivity index (χ2n) is 3.72. The van der Waals surface area contributed by atoms with Crippen LogP contribution in [0.5, 0.6) is 5.75 Å². The van der Waals surface area contributed by atoms with Gasteiger partial charge < -0.3 is 9.53 Å². The van der Waals surface area contributed by atoms with Crippen molar-refractivity contribution in [1.82, 2.24) is 0 Å². The van der Waals surface area contributed by atoms with Gasteiger partial charge in [0.1, 0.15) is 12.0 Å². The molecule has 2 nitrogen and oxygen atoms in total. The van der Waals surface area contributed by atoms with Crippen LogP contribution < -0.4 is 4.74 Å². The third kappa shape index (κ3) is 3.74. The number of carbonyl (C=O) groups excluding carboxylic acids is 1. The van der Waals surface area contributed by atoms with E-state index in [9.17, 15) is 4.79 Å². The minimum atomic E-state index is 0.676. The number of carbonyl (C=O) groups is 1. The summed E-state index contributed by atoms with van der Waals surface area (Å²) < 4.78 is 5.20. The zero-order chi connectivity index (χ0) is 11.1. The summed E-state index contributed by atoms with van der Waals surface area (Å²) in [7, 11) is 1.69. The third-order valence-electron chi connectivity index (χ3n) is 2.50. The molecular formula is C13H18O2. The van der Waals surface area contributed by atoms with Gasteiger partial charge >= 0.3 is 0 Å². The Bertz CT molecular complexity index is 318.